The van der Waals surface area contributed by atoms with Gasteiger partial charge >= 0.3 is 5.97 Å². The highest BCUT2D eigenvalue weighted by molar-refractivity contribution is 5.91. The molecule has 0 aliphatic carbocycles. The molecular weight excluding hydrogens is 308 g/mol. The van der Waals surface area contributed by atoms with Crippen LogP contribution in [0.5, 0.6) is 5.88 Å². The molecule has 0 N–H and O–H groups in total. The summed E-state index contributed by atoms with van der Waals surface area (Å²) in [6.45, 7) is 0.918. The van der Waals surface area contributed by atoms with Crippen molar-refractivity contribution in [1.29, 1.82) is 0 Å². The molecule has 0 atom stereocenters. The zero-order chi connectivity index (χ0) is 16.9. The molecule has 1 aromatic heterocycles. The summed E-state index contributed by atoms with van der Waals surface area (Å²) in [4.78, 5) is 29.9. The van der Waals surface area contributed by atoms with Crippen molar-refractivity contribution in [3.05, 3.63) is 59.3 Å². The number of amides is 1. The lowest BCUT2D eigenvalue weighted by Gasteiger charge is -2.28. The summed E-state index contributed by atoms with van der Waals surface area (Å²) < 4.78 is 10.0. The zero-order valence-electron chi connectivity index (χ0n) is 13.4. The Hall–Kier alpha value is -2.89. The minimum absolute atomic E-state index is 0.195. The van der Waals surface area contributed by atoms with Crippen LogP contribution in [0.25, 0.3) is 0 Å². The van der Waals surface area contributed by atoms with E-state index >= 15 is 0 Å². The Kier molecular flexibility index (Phi) is 4.74. The van der Waals surface area contributed by atoms with E-state index in [1.165, 1.54) is 18.9 Å². The minimum atomic E-state index is -0.573. The van der Waals surface area contributed by atoms with Crippen molar-refractivity contribution >= 4 is 11.9 Å². The van der Waals surface area contributed by atoms with Crippen molar-refractivity contribution in [2.75, 3.05) is 20.3 Å². The third-order valence-electron chi connectivity index (χ3n) is 3.99. The molecule has 1 amide bonds. The number of aromatic nitrogens is 1. The van der Waals surface area contributed by atoms with Crippen molar-refractivity contribution in [2.24, 2.45) is 0 Å². The van der Waals surface area contributed by atoms with Gasteiger partial charge in [0.05, 0.1) is 12.7 Å². The Morgan fingerprint density at radius 1 is 1.17 bits per heavy atom. The molecule has 0 bridgehead atoms. The van der Waals surface area contributed by atoms with Gasteiger partial charge in [-0.05, 0) is 23.6 Å². The Labute approximate surface area is 140 Å². The first-order valence-corrected chi connectivity index (χ1v) is 7.69. The van der Waals surface area contributed by atoms with Gasteiger partial charge in [-0.3, -0.25) is 4.79 Å². The molecule has 1 aliphatic rings. The highest BCUT2D eigenvalue weighted by atomic mass is 16.5. The first-order valence-electron chi connectivity index (χ1n) is 7.69. The summed E-state index contributed by atoms with van der Waals surface area (Å²) in [7, 11) is 1.50. The lowest BCUT2D eigenvalue weighted by molar-refractivity contribution is -0.135. The molecule has 3 rings (SSSR count). The second-order valence-corrected chi connectivity index (χ2v) is 5.50. The fourth-order valence-corrected chi connectivity index (χ4v) is 2.63. The van der Waals surface area contributed by atoms with E-state index in [-0.39, 0.29) is 18.1 Å². The molecular formula is C18H18N2O4. The summed E-state index contributed by atoms with van der Waals surface area (Å²) in [6, 6.07) is 11.2. The van der Waals surface area contributed by atoms with Crippen molar-refractivity contribution in [3.63, 3.8) is 0 Å². The van der Waals surface area contributed by atoms with Crippen molar-refractivity contribution in [2.45, 2.75) is 13.0 Å². The van der Waals surface area contributed by atoms with E-state index < -0.39 is 5.97 Å². The van der Waals surface area contributed by atoms with Crippen LogP contribution in [0.15, 0.2) is 42.6 Å². The summed E-state index contributed by atoms with van der Waals surface area (Å²) in [5, 5.41) is 0. The molecule has 0 spiro atoms. The van der Waals surface area contributed by atoms with Crippen LogP contribution in [0, 0.1) is 0 Å². The van der Waals surface area contributed by atoms with Gasteiger partial charge in [0.15, 0.2) is 6.61 Å². The lowest BCUT2D eigenvalue weighted by atomic mass is 10.00. The number of nitrogens with zero attached hydrogens (tertiary/aromatic N) is 2. The van der Waals surface area contributed by atoms with Crippen molar-refractivity contribution < 1.29 is 19.1 Å². The van der Waals surface area contributed by atoms with Crippen molar-refractivity contribution in [3.8, 4) is 5.88 Å². The van der Waals surface area contributed by atoms with Crippen LogP contribution in [-0.2, 0) is 22.5 Å². The number of rotatable bonds is 4. The van der Waals surface area contributed by atoms with E-state index in [4.69, 9.17) is 9.47 Å². The molecule has 6 nitrogen and oxygen atoms in total. The van der Waals surface area contributed by atoms with Gasteiger partial charge in [0.1, 0.15) is 0 Å². The van der Waals surface area contributed by atoms with E-state index in [1.54, 1.807) is 17.0 Å². The Balaban J connectivity index is 1.55. The highest BCUT2D eigenvalue weighted by Crippen LogP contribution is 2.18. The number of carbonyl (C=O) groups is 2. The van der Waals surface area contributed by atoms with Gasteiger partial charge in [-0.1, -0.05) is 24.3 Å². The van der Waals surface area contributed by atoms with Gasteiger partial charge in [0, 0.05) is 25.4 Å². The third kappa shape index (κ3) is 3.53. The maximum absolute atomic E-state index is 12.3. The number of esters is 1. The summed E-state index contributed by atoms with van der Waals surface area (Å²) >= 11 is 0. The molecule has 124 valence electrons. The highest BCUT2D eigenvalue weighted by Gasteiger charge is 2.21. The number of ether oxygens (including phenoxy) is 2. The average molecular weight is 326 g/mol. The van der Waals surface area contributed by atoms with Gasteiger partial charge in [-0.15, -0.1) is 0 Å². The lowest BCUT2D eigenvalue weighted by Crippen LogP contribution is -2.38. The summed E-state index contributed by atoms with van der Waals surface area (Å²) in [5.74, 6) is -0.357. The number of benzene rings is 1. The molecule has 0 fully saturated rings. The van der Waals surface area contributed by atoms with Crippen LogP contribution in [0.2, 0.25) is 0 Å². The van der Waals surface area contributed by atoms with Crippen LogP contribution in [-0.4, -0.2) is 42.0 Å². The number of pyridine rings is 1. The number of carbonyl (C=O) groups excluding carboxylic acids is 2. The first kappa shape index (κ1) is 16.0. The fraction of sp³-hybridized carbons (Fsp3) is 0.278. The molecule has 2 heterocycles. The number of hydrogen-bond donors (Lipinski definition) is 0. The summed E-state index contributed by atoms with van der Waals surface area (Å²) in [5.41, 5.74) is 2.69. The monoisotopic (exact) mass is 326 g/mol. The minimum Gasteiger partial charge on any atom is -0.481 e. The van der Waals surface area contributed by atoms with E-state index in [2.05, 4.69) is 11.1 Å². The molecule has 0 radical (unpaired) electrons. The SMILES string of the molecule is COc1ccc(C(=O)OCC(=O)N2CCc3ccccc3C2)cn1. The molecule has 0 saturated heterocycles. The fourth-order valence-electron chi connectivity index (χ4n) is 2.63. The summed E-state index contributed by atoms with van der Waals surface area (Å²) in [6.07, 6.45) is 2.18. The van der Waals surface area contributed by atoms with Gasteiger partial charge < -0.3 is 14.4 Å². The third-order valence-corrected chi connectivity index (χ3v) is 3.99. The van der Waals surface area contributed by atoms with Crippen LogP contribution in [0.4, 0.5) is 0 Å². The van der Waals surface area contributed by atoms with Crippen LogP contribution >= 0.6 is 0 Å². The molecule has 0 unspecified atom stereocenters. The number of hydrogen-bond acceptors (Lipinski definition) is 5. The van der Waals surface area contributed by atoms with Gasteiger partial charge in [-0.2, -0.15) is 0 Å². The molecule has 0 saturated carbocycles. The molecule has 6 heteroatoms. The van der Waals surface area contributed by atoms with Gasteiger partial charge in [0.25, 0.3) is 5.91 Å². The first-order chi connectivity index (χ1) is 11.7. The second kappa shape index (κ2) is 7.12. The van der Waals surface area contributed by atoms with E-state index in [0.29, 0.717) is 19.0 Å². The van der Waals surface area contributed by atoms with Gasteiger partial charge in [0.2, 0.25) is 5.88 Å². The Morgan fingerprint density at radius 3 is 2.67 bits per heavy atom. The molecule has 24 heavy (non-hydrogen) atoms. The molecule has 1 aliphatic heterocycles. The largest absolute Gasteiger partial charge is 0.481 e. The predicted octanol–water partition coefficient (Wildman–Crippen LogP) is 1.83. The second-order valence-electron chi connectivity index (χ2n) is 5.50. The molecule has 2 aromatic rings. The predicted molar refractivity (Wildman–Crippen MR) is 86.6 cm³/mol. The van der Waals surface area contributed by atoms with Crippen LogP contribution in [0.3, 0.4) is 0 Å². The maximum Gasteiger partial charge on any atom is 0.340 e. The maximum atomic E-state index is 12.3. The standard InChI is InChI=1S/C18H18N2O4/c1-23-16-7-6-14(10-19-16)18(22)24-12-17(21)20-9-8-13-4-2-3-5-15(13)11-20/h2-7,10H,8-9,11-12H2,1H3. The van der Waals surface area contributed by atoms with E-state index in [0.717, 1.165) is 12.0 Å². The quantitative estimate of drug-likeness (QED) is 0.802. The normalized spacial score (nSPS) is 13.1. The molecule has 1 aromatic carbocycles. The van der Waals surface area contributed by atoms with Crippen molar-refractivity contribution in [1.82, 2.24) is 9.88 Å². The number of methoxy groups -OCH3 is 1. The Bertz CT molecular complexity index is 743. The van der Waals surface area contributed by atoms with Crippen LogP contribution < -0.4 is 4.74 Å². The Morgan fingerprint density at radius 2 is 1.96 bits per heavy atom. The van der Waals surface area contributed by atoms with E-state index in [9.17, 15) is 9.59 Å². The van der Waals surface area contributed by atoms with Gasteiger partial charge in [-0.25, -0.2) is 9.78 Å². The topological polar surface area (TPSA) is 68.7 Å². The average Bonchev–Trinajstić information content (AvgIpc) is 2.65. The zero-order valence-corrected chi connectivity index (χ0v) is 13.4. The van der Waals surface area contributed by atoms with Crippen LogP contribution in [0.1, 0.15) is 21.5 Å². The van der Waals surface area contributed by atoms with E-state index in [1.807, 2.05) is 18.2 Å². The smallest absolute Gasteiger partial charge is 0.340 e. The number of fused-ring (bicyclic) bond motifs is 1.